The molecule has 4 aromatic rings. The third-order valence-electron chi connectivity index (χ3n) is 5.33. The lowest BCUT2D eigenvalue weighted by atomic mass is 10.1. The van der Waals surface area contributed by atoms with Crippen LogP contribution >= 0.6 is 0 Å². The van der Waals surface area contributed by atoms with Crippen LogP contribution < -0.4 is 14.9 Å². The van der Waals surface area contributed by atoms with E-state index in [9.17, 15) is 14.9 Å². The van der Waals surface area contributed by atoms with Crippen molar-refractivity contribution in [2.75, 3.05) is 14.2 Å². The van der Waals surface area contributed by atoms with Crippen molar-refractivity contribution in [2.45, 2.75) is 13.0 Å². The normalized spacial score (nSPS) is 11.0. The van der Waals surface area contributed by atoms with Crippen LogP contribution in [0, 0.1) is 10.1 Å². The van der Waals surface area contributed by atoms with Gasteiger partial charge in [0.2, 0.25) is 0 Å². The number of hydrogen-bond acceptors (Lipinski definition) is 7. The molecule has 1 aromatic heterocycles. The standard InChI is InChI=1S/C25H23N5O5/c1-34-22-11-10-17(13-23(22)35-2)14-24-27-20-8-3-4-9-21(20)29(24)16-25(31)28-26-15-18-6-5-7-19(12-18)30(32)33/h3-13,15H,14,16H2,1-2H3,(H,28,31)/b26-15-. The molecule has 1 heterocycles. The van der Waals surface area contributed by atoms with Crippen LogP contribution in [0.5, 0.6) is 11.5 Å². The van der Waals surface area contributed by atoms with E-state index < -0.39 is 4.92 Å². The molecule has 0 aliphatic rings. The highest BCUT2D eigenvalue weighted by molar-refractivity contribution is 5.84. The number of nitrogens with one attached hydrogen (secondary N) is 1. The number of amides is 1. The summed E-state index contributed by atoms with van der Waals surface area (Å²) in [5.74, 6) is 1.59. The molecule has 0 saturated heterocycles. The molecule has 4 rings (SSSR count). The second-order valence-corrected chi connectivity index (χ2v) is 7.61. The molecular formula is C25H23N5O5. The monoisotopic (exact) mass is 473 g/mol. The lowest BCUT2D eigenvalue weighted by molar-refractivity contribution is -0.384. The van der Waals surface area contributed by atoms with E-state index in [0.717, 1.165) is 16.6 Å². The molecular weight excluding hydrogens is 450 g/mol. The summed E-state index contributed by atoms with van der Waals surface area (Å²) in [5.41, 5.74) is 5.48. The smallest absolute Gasteiger partial charge is 0.270 e. The topological polar surface area (TPSA) is 121 Å². The summed E-state index contributed by atoms with van der Waals surface area (Å²) >= 11 is 0. The number of carbonyl (C=O) groups is 1. The Morgan fingerprint density at radius 3 is 2.66 bits per heavy atom. The lowest BCUT2D eigenvalue weighted by Crippen LogP contribution is -2.24. The van der Waals surface area contributed by atoms with Crippen molar-refractivity contribution < 1.29 is 19.2 Å². The number of nitro benzene ring substituents is 1. The van der Waals surface area contributed by atoms with E-state index in [1.54, 1.807) is 26.4 Å². The van der Waals surface area contributed by atoms with Gasteiger partial charge in [0.25, 0.3) is 11.6 Å². The van der Waals surface area contributed by atoms with Crippen molar-refractivity contribution >= 4 is 28.8 Å². The molecule has 178 valence electrons. The van der Waals surface area contributed by atoms with E-state index in [1.807, 2.05) is 47.0 Å². The summed E-state index contributed by atoms with van der Waals surface area (Å²) in [6, 6.07) is 19.2. The molecule has 10 nitrogen and oxygen atoms in total. The van der Waals surface area contributed by atoms with Crippen LogP contribution in [-0.2, 0) is 17.8 Å². The number of hydrazone groups is 1. The molecule has 3 aromatic carbocycles. The number of nitrogens with zero attached hydrogens (tertiary/aromatic N) is 4. The highest BCUT2D eigenvalue weighted by Crippen LogP contribution is 2.29. The van der Waals surface area contributed by atoms with Crippen molar-refractivity contribution in [1.82, 2.24) is 15.0 Å². The van der Waals surface area contributed by atoms with Gasteiger partial charge in [-0.15, -0.1) is 0 Å². The summed E-state index contributed by atoms with van der Waals surface area (Å²) in [6.07, 6.45) is 1.83. The van der Waals surface area contributed by atoms with E-state index in [1.165, 1.54) is 18.3 Å². The fourth-order valence-corrected chi connectivity index (χ4v) is 3.69. The zero-order valence-corrected chi connectivity index (χ0v) is 19.2. The van der Waals surface area contributed by atoms with Crippen LogP contribution in [-0.4, -0.2) is 40.8 Å². The predicted octanol–water partition coefficient (Wildman–Crippen LogP) is 3.70. The predicted molar refractivity (Wildman–Crippen MR) is 131 cm³/mol. The SMILES string of the molecule is COc1ccc(Cc2nc3ccccc3n2CC(=O)N/N=C\c2cccc([N+](=O)[O-])c2)cc1OC. The highest BCUT2D eigenvalue weighted by Gasteiger charge is 2.15. The van der Waals surface area contributed by atoms with Gasteiger partial charge in [0.1, 0.15) is 12.4 Å². The van der Waals surface area contributed by atoms with E-state index in [2.05, 4.69) is 10.5 Å². The number of para-hydroxylation sites is 2. The Hall–Kier alpha value is -4.73. The first-order valence-electron chi connectivity index (χ1n) is 10.7. The summed E-state index contributed by atoms with van der Waals surface area (Å²) in [6.45, 7) is -0.00455. The number of hydrogen-bond donors (Lipinski definition) is 1. The molecule has 0 atom stereocenters. The first kappa shape index (κ1) is 23.4. The largest absolute Gasteiger partial charge is 0.493 e. The Labute approximate surface area is 201 Å². The van der Waals surface area contributed by atoms with Crippen LogP contribution in [0.4, 0.5) is 5.69 Å². The number of non-ortho nitro benzene ring substituents is 1. The van der Waals surface area contributed by atoms with Crippen LogP contribution in [0.25, 0.3) is 11.0 Å². The van der Waals surface area contributed by atoms with Crippen LogP contribution in [0.3, 0.4) is 0 Å². The number of aromatic nitrogens is 2. The zero-order valence-electron chi connectivity index (χ0n) is 19.2. The Morgan fingerprint density at radius 1 is 1.09 bits per heavy atom. The van der Waals surface area contributed by atoms with E-state index in [4.69, 9.17) is 14.5 Å². The van der Waals surface area contributed by atoms with Gasteiger partial charge in [0.15, 0.2) is 11.5 Å². The number of rotatable bonds is 9. The Morgan fingerprint density at radius 2 is 1.89 bits per heavy atom. The van der Waals surface area contributed by atoms with Crippen LogP contribution in [0.1, 0.15) is 17.0 Å². The van der Waals surface area contributed by atoms with Crippen molar-refractivity contribution in [1.29, 1.82) is 0 Å². The molecule has 0 fully saturated rings. The fourth-order valence-electron chi connectivity index (χ4n) is 3.69. The number of methoxy groups -OCH3 is 2. The maximum atomic E-state index is 12.7. The van der Waals surface area contributed by atoms with Gasteiger partial charge in [-0.25, -0.2) is 10.4 Å². The van der Waals surface area contributed by atoms with Gasteiger partial charge in [-0.2, -0.15) is 5.10 Å². The molecule has 0 aliphatic carbocycles. The lowest BCUT2D eigenvalue weighted by Gasteiger charge is -2.11. The maximum absolute atomic E-state index is 12.7. The van der Waals surface area contributed by atoms with Crippen molar-refractivity contribution in [3.63, 3.8) is 0 Å². The second kappa shape index (κ2) is 10.5. The minimum Gasteiger partial charge on any atom is -0.493 e. The average molecular weight is 473 g/mol. The van der Waals surface area contributed by atoms with Crippen molar-refractivity contribution in [2.24, 2.45) is 5.10 Å². The third kappa shape index (κ3) is 5.44. The summed E-state index contributed by atoms with van der Waals surface area (Å²) in [7, 11) is 3.16. The van der Waals surface area contributed by atoms with E-state index in [-0.39, 0.29) is 18.1 Å². The van der Waals surface area contributed by atoms with Crippen molar-refractivity contribution in [3.05, 3.63) is 93.8 Å². The summed E-state index contributed by atoms with van der Waals surface area (Å²) in [5, 5.41) is 14.9. The molecule has 1 amide bonds. The van der Waals surface area contributed by atoms with Crippen LogP contribution in [0.2, 0.25) is 0 Å². The van der Waals surface area contributed by atoms with Crippen LogP contribution in [0.15, 0.2) is 71.8 Å². The van der Waals surface area contributed by atoms with Crippen molar-refractivity contribution in [3.8, 4) is 11.5 Å². The number of fused-ring (bicyclic) bond motifs is 1. The Bertz CT molecular complexity index is 1410. The molecule has 0 bridgehead atoms. The molecule has 10 heteroatoms. The molecule has 1 N–H and O–H groups in total. The van der Waals surface area contributed by atoms with Gasteiger partial charge in [-0.1, -0.05) is 30.3 Å². The first-order valence-corrected chi connectivity index (χ1v) is 10.7. The third-order valence-corrected chi connectivity index (χ3v) is 5.33. The molecule has 0 unspecified atom stereocenters. The average Bonchev–Trinajstić information content (AvgIpc) is 3.20. The quantitative estimate of drug-likeness (QED) is 0.225. The molecule has 0 aliphatic heterocycles. The second-order valence-electron chi connectivity index (χ2n) is 7.61. The van der Waals surface area contributed by atoms with Gasteiger partial charge in [-0.05, 0) is 29.8 Å². The first-order chi connectivity index (χ1) is 17.0. The Balaban J connectivity index is 1.54. The fraction of sp³-hybridized carbons (Fsp3) is 0.160. The van der Waals surface area contributed by atoms with E-state index in [0.29, 0.717) is 29.3 Å². The minimum absolute atomic E-state index is 0.00455. The summed E-state index contributed by atoms with van der Waals surface area (Å²) < 4.78 is 12.5. The van der Waals surface area contributed by atoms with Gasteiger partial charge in [0, 0.05) is 24.1 Å². The Kier molecular flexibility index (Phi) is 7.01. The van der Waals surface area contributed by atoms with Gasteiger partial charge >= 0.3 is 0 Å². The highest BCUT2D eigenvalue weighted by atomic mass is 16.6. The van der Waals surface area contributed by atoms with Gasteiger partial charge in [0.05, 0.1) is 36.4 Å². The van der Waals surface area contributed by atoms with Gasteiger partial charge < -0.3 is 14.0 Å². The number of benzene rings is 3. The minimum atomic E-state index is -0.486. The number of nitro groups is 1. The zero-order chi connectivity index (χ0) is 24.8. The molecule has 35 heavy (non-hydrogen) atoms. The molecule has 0 radical (unpaired) electrons. The number of carbonyl (C=O) groups excluding carboxylic acids is 1. The molecule has 0 spiro atoms. The maximum Gasteiger partial charge on any atom is 0.270 e. The number of imidazole rings is 1. The van der Waals surface area contributed by atoms with E-state index >= 15 is 0 Å². The number of ether oxygens (including phenoxy) is 2. The molecule has 0 saturated carbocycles. The van der Waals surface area contributed by atoms with Gasteiger partial charge in [-0.3, -0.25) is 14.9 Å². The summed E-state index contributed by atoms with van der Waals surface area (Å²) in [4.78, 5) is 27.8.